The van der Waals surface area contributed by atoms with Gasteiger partial charge in [-0.2, -0.15) is 12.7 Å². The summed E-state index contributed by atoms with van der Waals surface area (Å²) in [4.78, 5) is 16.4. The number of rotatable bonds is 10. The van der Waals surface area contributed by atoms with E-state index in [1.165, 1.54) is 6.20 Å². The number of fused-ring (bicyclic) bond motifs is 1. The summed E-state index contributed by atoms with van der Waals surface area (Å²) < 4.78 is 82.5. The lowest BCUT2D eigenvalue weighted by molar-refractivity contribution is -0.100. The van der Waals surface area contributed by atoms with E-state index in [9.17, 15) is 22.0 Å². The van der Waals surface area contributed by atoms with Crippen LogP contribution in [0.1, 0.15) is 27.9 Å². The molecule has 0 bridgehead atoms. The van der Waals surface area contributed by atoms with Crippen molar-refractivity contribution in [2.45, 2.75) is 25.3 Å². The molecule has 2 heterocycles. The van der Waals surface area contributed by atoms with Crippen molar-refractivity contribution in [2.75, 3.05) is 32.0 Å². The van der Waals surface area contributed by atoms with Crippen LogP contribution in [0.5, 0.6) is 0 Å². The summed E-state index contributed by atoms with van der Waals surface area (Å²) in [5.74, 6) is -3.47. The molecule has 216 valence electrons. The van der Waals surface area contributed by atoms with Gasteiger partial charge in [-0.05, 0) is 47.4 Å². The number of nitrogens with one attached hydrogen (secondary N) is 2. The number of methoxy groups -OCH3 is 2. The van der Waals surface area contributed by atoms with Crippen LogP contribution in [0, 0.1) is 11.6 Å². The molecule has 0 radical (unpaired) electrons. The molecule has 1 aliphatic rings. The predicted molar refractivity (Wildman–Crippen MR) is 149 cm³/mol. The minimum atomic E-state index is -4.31. The molecular weight excluding hydrogens is 559 g/mol. The van der Waals surface area contributed by atoms with Gasteiger partial charge < -0.3 is 14.5 Å². The average Bonchev–Trinajstić information content (AvgIpc) is 3.60. The molecule has 41 heavy (non-hydrogen) atoms. The zero-order valence-corrected chi connectivity index (χ0v) is 23.1. The van der Waals surface area contributed by atoms with Crippen LogP contribution in [0.2, 0.25) is 0 Å². The fourth-order valence-electron chi connectivity index (χ4n) is 4.86. The smallest absolute Gasteiger partial charge is 0.301 e. The number of aromatic nitrogens is 1. The number of benzene rings is 3. The van der Waals surface area contributed by atoms with Crippen molar-refractivity contribution < 1.29 is 35.9 Å². The molecule has 8 nitrogen and oxygen atoms in total. The highest BCUT2D eigenvalue weighted by molar-refractivity contribution is 7.90. The number of ether oxygens (including phenoxy) is 2. The number of H-pyrrole nitrogens is 1. The number of anilines is 1. The van der Waals surface area contributed by atoms with Crippen molar-refractivity contribution in [2.24, 2.45) is 0 Å². The van der Waals surface area contributed by atoms with Gasteiger partial charge in [-0.25, -0.2) is 13.2 Å². The van der Waals surface area contributed by atoms with Crippen molar-refractivity contribution in [3.63, 3.8) is 0 Å². The number of hydrogen-bond acceptors (Lipinski definition) is 5. The summed E-state index contributed by atoms with van der Waals surface area (Å²) in [5, 5.41) is 0.436. The number of hydrogen-bond donors (Lipinski definition) is 2. The molecule has 3 aromatic carbocycles. The Morgan fingerprint density at radius 1 is 1.07 bits per heavy atom. The lowest BCUT2D eigenvalue weighted by Crippen LogP contribution is -2.34. The maximum atomic E-state index is 15.5. The average molecular weight is 588 g/mol. The van der Waals surface area contributed by atoms with E-state index >= 15 is 4.39 Å². The molecule has 0 saturated carbocycles. The van der Waals surface area contributed by atoms with Crippen LogP contribution in [0.25, 0.3) is 22.0 Å². The summed E-state index contributed by atoms with van der Waals surface area (Å²) in [6.07, 6.45) is 0.235. The van der Waals surface area contributed by atoms with Gasteiger partial charge in [0.1, 0.15) is 12.0 Å². The third-order valence-electron chi connectivity index (χ3n) is 7.13. The van der Waals surface area contributed by atoms with Gasteiger partial charge in [0.05, 0.1) is 11.3 Å². The van der Waals surface area contributed by atoms with Crippen molar-refractivity contribution in [1.82, 2.24) is 9.29 Å². The number of halogens is 3. The molecule has 1 saturated heterocycles. The highest BCUT2D eigenvalue weighted by Crippen LogP contribution is 2.31. The number of ketones is 1. The number of carbonyl (C=O) groups excluding carboxylic acids is 1. The van der Waals surface area contributed by atoms with Crippen molar-refractivity contribution in [3.05, 3.63) is 89.1 Å². The monoisotopic (exact) mass is 587 g/mol. The summed E-state index contributed by atoms with van der Waals surface area (Å²) in [7, 11) is -1.18. The molecule has 1 unspecified atom stereocenters. The van der Waals surface area contributed by atoms with Crippen LogP contribution < -0.4 is 4.72 Å². The van der Waals surface area contributed by atoms with E-state index < -0.39 is 45.0 Å². The molecular formula is C29H28F3N3O5S. The number of carbonyl (C=O) groups is 1. The normalized spacial score (nSPS) is 16.1. The van der Waals surface area contributed by atoms with Crippen LogP contribution in [0.4, 0.5) is 18.9 Å². The van der Waals surface area contributed by atoms with Crippen LogP contribution >= 0.6 is 0 Å². The first-order valence-electron chi connectivity index (χ1n) is 12.8. The number of nitrogens with zero attached hydrogens (tertiary/aromatic N) is 1. The van der Waals surface area contributed by atoms with Gasteiger partial charge >= 0.3 is 10.2 Å². The van der Waals surface area contributed by atoms with Crippen LogP contribution in [-0.4, -0.2) is 63.3 Å². The van der Waals surface area contributed by atoms with Crippen molar-refractivity contribution in [3.8, 4) is 11.1 Å². The molecule has 12 heteroatoms. The quantitative estimate of drug-likeness (QED) is 0.196. The zero-order chi connectivity index (χ0) is 29.3. The first-order chi connectivity index (χ1) is 19.6. The maximum Gasteiger partial charge on any atom is 0.301 e. The number of alkyl halides is 1. The maximum absolute atomic E-state index is 15.5. The molecule has 1 aliphatic heterocycles. The van der Waals surface area contributed by atoms with Crippen LogP contribution in [0.3, 0.4) is 0 Å². The van der Waals surface area contributed by atoms with Gasteiger partial charge in [-0.3, -0.25) is 9.52 Å². The Kier molecular flexibility index (Phi) is 8.18. The van der Waals surface area contributed by atoms with Gasteiger partial charge in [0.15, 0.2) is 12.1 Å². The first-order valence-corrected chi connectivity index (χ1v) is 14.3. The van der Waals surface area contributed by atoms with E-state index in [0.29, 0.717) is 17.3 Å². The highest BCUT2D eigenvalue weighted by Gasteiger charge is 2.33. The molecule has 1 atom stereocenters. The molecule has 0 amide bonds. The fraction of sp³-hybridized carbons (Fsp3) is 0.276. The summed E-state index contributed by atoms with van der Waals surface area (Å²) in [6, 6.07) is 14.7. The molecule has 5 rings (SSSR count). The van der Waals surface area contributed by atoms with Gasteiger partial charge in [0.25, 0.3) is 0 Å². The largest absolute Gasteiger partial charge is 0.360 e. The van der Waals surface area contributed by atoms with E-state index in [0.717, 1.165) is 33.1 Å². The SMILES string of the molecule is COC(Cc1ccc(-c2ccc3[nH]cc(C(=O)c4c(F)ccc(NS(=O)(=O)N5CCC(F)C5)c4F)c3c2)cc1)OC. The van der Waals surface area contributed by atoms with E-state index in [4.69, 9.17) is 9.47 Å². The molecule has 2 N–H and O–H groups in total. The highest BCUT2D eigenvalue weighted by atomic mass is 32.2. The Hall–Kier alpha value is -3.71. The Morgan fingerprint density at radius 3 is 2.44 bits per heavy atom. The van der Waals surface area contributed by atoms with E-state index in [1.807, 2.05) is 35.1 Å². The second kappa shape index (κ2) is 11.6. The van der Waals surface area contributed by atoms with Crippen LogP contribution in [-0.2, 0) is 26.1 Å². The third-order valence-corrected chi connectivity index (χ3v) is 8.62. The zero-order valence-electron chi connectivity index (χ0n) is 22.3. The topological polar surface area (TPSA) is 101 Å². The second-order valence-corrected chi connectivity index (χ2v) is 11.4. The van der Waals surface area contributed by atoms with Crippen LogP contribution in [0.15, 0.2) is 60.8 Å². The lowest BCUT2D eigenvalue weighted by atomic mass is 9.97. The molecule has 4 aromatic rings. The predicted octanol–water partition coefficient (Wildman–Crippen LogP) is 5.21. The Bertz CT molecular complexity index is 1690. The first kappa shape index (κ1) is 28.8. The standard InChI is InChI=1S/C29H28F3N3O5S/c1-39-26(40-2)13-17-3-5-18(6-4-17)19-7-9-24-21(14-19)22(15-33-24)29(36)27-23(31)8-10-25(28(27)32)34-41(37,38)35-12-11-20(30)16-35/h3-10,14-15,20,26,33-34H,11-13,16H2,1-2H3. The Labute approximate surface area is 235 Å². The van der Waals surface area contributed by atoms with Gasteiger partial charge in [0, 0.05) is 56.4 Å². The molecule has 0 aliphatic carbocycles. The van der Waals surface area contributed by atoms with Crippen molar-refractivity contribution >= 4 is 32.6 Å². The van der Waals surface area contributed by atoms with Gasteiger partial charge in [-0.15, -0.1) is 0 Å². The summed E-state index contributed by atoms with van der Waals surface area (Å²) in [5.41, 5.74) is 1.69. The Balaban J connectivity index is 1.45. The van der Waals surface area contributed by atoms with Gasteiger partial charge in [0.2, 0.25) is 5.78 Å². The van der Waals surface area contributed by atoms with Crippen molar-refractivity contribution in [1.29, 1.82) is 0 Å². The van der Waals surface area contributed by atoms with Gasteiger partial charge in [-0.1, -0.05) is 30.3 Å². The molecule has 1 fully saturated rings. The van der Waals surface area contributed by atoms with E-state index in [-0.39, 0.29) is 31.4 Å². The minimum absolute atomic E-state index is 0.0131. The number of aromatic amines is 1. The third kappa shape index (κ3) is 5.87. The second-order valence-electron chi connectivity index (χ2n) is 9.73. The summed E-state index contributed by atoms with van der Waals surface area (Å²) >= 11 is 0. The fourth-order valence-corrected chi connectivity index (χ4v) is 6.13. The summed E-state index contributed by atoms with van der Waals surface area (Å²) in [6.45, 7) is -0.447. The Morgan fingerprint density at radius 2 is 1.78 bits per heavy atom. The molecule has 0 spiro atoms. The lowest BCUT2D eigenvalue weighted by Gasteiger charge is -2.18. The van der Waals surface area contributed by atoms with E-state index in [1.54, 1.807) is 26.4 Å². The van der Waals surface area contributed by atoms with E-state index in [2.05, 4.69) is 4.98 Å². The molecule has 1 aromatic heterocycles. The minimum Gasteiger partial charge on any atom is -0.360 e.